The lowest BCUT2D eigenvalue weighted by molar-refractivity contribution is 0.259. The molecule has 0 spiro atoms. The molecule has 5 rings (SSSR count). The molecule has 4 aromatic rings. The average molecular weight is 374 g/mol. The highest BCUT2D eigenvalue weighted by Crippen LogP contribution is 2.34. The van der Waals surface area contributed by atoms with Crippen molar-refractivity contribution in [3.8, 4) is 22.6 Å². The summed E-state index contributed by atoms with van der Waals surface area (Å²) >= 11 is 0. The first-order valence-electron chi connectivity index (χ1n) is 9.03. The number of H-pyrrole nitrogens is 1. The van der Waals surface area contributed by atoms with Crippen molar-refractivity contribution < 1.29 is 9.47 Å². The van der Waals surface area contributed by atoms with Gasteiger partial charge in [0.15, 0.2) is 0 Å². The second-order valence-corrected chi connectivity index (χ2v) is 6.84. The zero-order valence-corrected chi connectivity index (χ0v) is 15.3. The molecular weight excluding hydrogens is 356 g/mol. The summed E-state index contributed by atoms with van der Waals surface area (Å²) in [7, 11) is 1.65. The number of fused-ring (bicyclic) bond motifs is 2. The minimum absolute atomic E-state index is 0.0193. The minimum Gasteiger partial charge on any atom is -0.497 e. The summed E-state index contributed by atoms with van der Waals surface area (Å²) in [6.45, 7) is 0.495. The fourth-order valence-corrected chi connectivity index (χ4v) is 3.60. The van der Waals surface area contributed by atoms with Gasteiger partial charge in [0.05, 0.1) is 25.6 Å². The van der Waals surface area contributed by atoms with E-state index < -0.39 is 0 Å². The van der Waals surface area contributed by atoms with Gasteiger partial charge in [0.1, 0.15) is 17.1 Å². The fraction of sp³-hybridized carbons (Fsp3) is 0.190. The van der Waals surface area contributed by atoms with Crippen molar-refractivity contribution in [2.75, 3.05) is 13.7 Å². The number of benzene rings is 1. The third-order valence-electron chi connectivity index (χ3n) is 5.10. The van der Waals surface area contributed by atoms with Crippen LogP contribution >= 0.6 is 0 Å². The molecule has 1 aliphatic rings. The van der Waals surface area contributed by atoms with Gasteiger partial charge in [0.2, 0.25) is 0 Å². The number of methoxy groups -OCH3 is 1. The summed E-state index contributed by atoms with van der Waals surface area (Å²) in [4.78, 5) is 17.5. The van der Waals surface area contributed by atoms with Gasteiger partial charge in [0, 0.05) is 35.5 Å². The Kier molecular flexibility index (Phi) is 3.86. The van der Waals surface area contributed by atoms with Crippen LogP contribution in [0.15, 0.2) is 59.8 Å². The molecule has 0 saturated carbocycles. The fourth-order valence-electron chi connectivity index (χ4n) is 3.60. The summed E-state index contributed by atoms with van der Waals surface area (Å²) in [6, 6.07) is 11.2. The summed E-state index contributed by atoms with van der Waals surface area (Å²) in [5.41, 5.74) is 4.14. The first kappa shape index (κ1) is 16.6. The van der Waals surface area contributed by atoms with Gasteiger partial charge in [-0.25, -0.2) is 4.98 Å². The Morgan fingerprint density at radius 3 is 2.96 bits per heavy atom. The number of pyridine rings is 1. The Morgan fingerprint density at radius 1 is 1.21 bits per heavy atom. The van der Waals surface area contributed by atoms with E-state index >= 15 is 0 Å². The number of rotatable bonds is 3. The van der Waals surface area contributed by atoms with Crippen LogP contribution in [0.25, 0.3) is 16.8 Å². The molecule has 4 heterocycles. The summed E-state index contributed by atoms with van der Waals surface area (Å²) in [5, 5.41) is 6.74. The van der Waals surface area contributed by atoms with Gasteiger partial charge in [-0.15, -0.1) is 0 Å². The molecule has 0 amide bonds. The van der Waals surface area contributed by atoms with Crippen LogP contribution in [0.2, 0.25) is 0 Å². The van der Waals surface area contributed by atoms with Gasteiger partial charge in [-0.3, -0.25) is 14.3 Å². The van der Waals surface area contributed by atoms with E-state index in [1.165, 1.54) is 0 Å². The predicted molar refractivity (Wildman–Crippen MR) is 104 cm³/mol. The predicted octanol–water partition coefficient (Wildman–Crippen LogP) is 2.81. The number of ether oxygens (including phenoxy) is 2. The molecule has 0 bridgehead atoms. The molecule has 7 heteroatoms. The second kappa shape index (κ2) is 6.53. The standard InChI is InChI=1S/C21H18N4O3/c1-27-17-3-4-19-14(7-17)6-15(12-28-19)18-8-21(26)25-11-13(2-5-20(25)24-18)16-9-22-23-10-16/h2-5,7-11,15H,6,12H2,1H3,(H,22,23). The number of aromatic amines is 1. The van der Waals surface area contributed by atoms with Crippen molar-refractivity contribution in [3.63, 3.8) is 0 Å². The van der Waals surface area contributed by atoms with Crippen LogP contribution in [0.3, 0.4) is 0 Å². The van der Waals surface area contributed by atoms with E-state index in [0.29, 0.717) is 12.3 Å². The second-order valence-electron chi connectivity index (χ2n) is 6.84. The van der Waals surface area contributed by atoms with Gasteiger partial charge < -0.3 is 9.47 Å². The molecule has 0 aliphatic carbocycles. The molecule has 0 saturated heterocycles. The first-order valence-corrected chi connectivity index (χ1v) is 9.03. The lowest BCUT2D eigenvalue weighted by Gasteiger charge is -2.25. The molecule has 3 aromatic heterocycles. The molecule has 140 valence electrons. The lowest BCUT2D eigenvalue weighted by atomic mass is 9.93. The van der Waals surface area contributed by atoms with Crippen LogP contribution in [-0.4, -0.2) is 33.3 Å². The molecule has 1 aromatic carbocycles. The van der Waals surface area contributed by atoms with E-state index in [4.69, 9.17) is 14.5 Å². The Bertz CT molecular complexity index is 1210. The van der Waals surface area contributed by atoms with Crippen LogP contribution in [0.1, 0.15) is 17.2 Å². The summed E-state index contributed by atoms with van der Waals surface area (Å²) < 4.78 is 12.8. The van der Waals surface area contributed by atoms with E-state index in [1.54, 1.807) is 36.2 Å². The van der Waals surface area contributed by atoms with E-state index in [2.05, 4.69) is 10.2 Å². The first-order chi connectivity index (χ1) is 13.7. The molecule has 1 atom stereocenters. The SMILES string of the molecule is COc1ccc2c(c1)CC(c1cc(=O)n3cc(-c4cn[nH]c4)ccc3n1)CO2. The molecule has 0 radical (unpaired) electrons. The van der Waals surface area contributed by atoms with Crippen molar-refractivity contribution in [3.05, 3.63) is 76.6 Å². The number of nitrogens with zero attached hydrogens (tertiary/aromatic N) is 3. The number of hydrogen-bond donors (Lipinski definition) is 1. The van der Waals surface area contributed by atoms with E-state index in [-0.39, 0.29) is 11.5 Å². The number of nitrogens with one attached hydrogen (secondary N) is 1. The van der Waals surface area contributed by atoms with Crippen LogP contribution < -0.4 is 15.0 Å². The van der Waals surface area contributed by atoms with Gasteiger partial charge in [0.25, 0.3) is 5.56 Å². The monoisotopic (exact) mass is 374 g/mol. The van der Waals surface area contributed by atoms with Crippen LogP contribution in [0.4, 0.5) is 0 Å². The van der Waals surface area contributed by atoms with Gasteiger partial charge in [-0.05, 0) is 42.3 Å². The maximum Gasteiger partial charge on any atom is 0.258 e. The molecule has 1 N–H and O–H groups in total. The smallest absolute Gasteiger partial charge is 0.258 e. The van der Waals surface area contributed by atoms with Gasteiger partial charge in [-0.2, -0.15) is 5.10 Å². The Morgan fingerprint density at radius 2 is 2.14 bits per heavy atom. The molecule has 1 aliphatic heterocycles. The van der Waals surface area contributed by atoms with Crippen molar-refractivity contribution in [2.24, 2.45) is 0 Å². The molecule has 7 nitrogen and oxygen atoms in total. The quantitative estimate of drug-likeness (QED) is 0.596. The Balaban J connectivity index is 1.51. The highest BCUT2D eigenvalue weighted by Gasteiger charge is 2.24. The zero-order valence-electron chi connectivity index (χ0n) is 15.3. The van der Waals surface area contributed by atoms with Gasteiger partial charge >= 0.3 is 0 Å². The van der Waals surface area contributed by atoms with Crippen LogP contribution in [0, 0.1) is 0 Å². The topological polar surface area (TPSA) is 81.5 Å². The normalized spacial score (nSPS) is 15.8. The number of hydrogen-bond acceptors (Lipinski definition) is 5. The van der Waals surface area contributed by atoms with Crippen LogP contribution in [0.5, 0.6) is 11.5 Å². The molecule has 28 heavy (non-hydrogen) atoms. The van der Waals surface area contributed by atoms with Crippen LogP contribution in [-0.2, 0) is 6.42 Å². The maximum absolute atomic E-state index is 12.7. The third kappa shape index (κ3) is 2.81. The maximum atomic E-state index is 12.7. The lowest BCUT2D eigenvalue weighted by Crippen LogP contribution is -2.23. The highest BCUT2D eigenvalue weighted by molar-refractivity contribution is 5.62. The van der Waals surface area contributed by atoms with Crippen molar-refractivity contribution in [2.45, 2.75) is 12.3 Å². The number of aromatic nitrogens is 4. The third-order valence-corrected chi connectivity index (χ3v) is 5.10. The zero-order chi connectivity index (χ0) is 19.1. The Hall–Kier alpha value is -3.61. The minimum atomic E-state index is -0.109. The van der Waals surface area contributed by atoms with E-state index in [9.17, 15) is 4.79 Å². The molecular formula is C21H18N4O3. The summed E-state index contributed by atoms with van der Waals surface area (Å²) in [6.07, 6.45) is 6.05. The summed E-state index contributed by atoms with van der Waals surface area (Å²) in [5.74, 6) is 1.67. The largest absolute Gasteiger partial charge is 0.497 e. The van der Waals surface area contributed by atoms with E-state index in [0.717, 1.165) is 40.3 Å². The highest BCUT2D eigenvalue weighted by atomic mass is 16.5. The van der Waals surface area contributed by atoms with Crippen molar-refractivity contribution in [1.82, 2.24) is 19.6 Å². The molecule has 1 unspecified atom stereocenters. The van der Waals surface area contributed by atoms with Gasteiger partial charge in [-0.1, -0.05) is 0 Å². The van der Waals surface area contributed by atoms with Crippen molar-refractivity contribution in [1.29, 1.82) is 0 Å². The Labute approximate surface area is 160 Å². The molecule has 0 fully saturated rings. The van der Waals surface area contributed by atoms with E-state index in [1.807, 2.05) is 30.3 Å². The van der Waals surface area contributed by atoms with Crippen molar-refractivity contribution >= 4 is 5.65 Å². The average Bonchev–Trinajstić information content (AvgIpc) is 3.27.